The molecule has 4 heteroatoms. The molecule has 2 unspecified atom stereocenters. The van der Waals surface area contributed by atoms with Crippen LogP contribution in [0.4, 0.5) is 0 Å². The molecule has 0 aliphatic carbocycles. The first-order valence-corrected chi connectivity index (χ1v) is 7.06. The zero-order valence-corrected chi connectivity index (χ0v) is 11.5. The van der Waals surface area contributed by atoms with E-state index >= 15 is 0 Å². The van der Waals surface area contributed by atoms with E-state index in [1.165, 1.54) is 12.8 Å². The Morgan fingerprint density at radius 1 is 1.38 bits per heavy atom. The lowest BCUT2D eigenvalue weighted by molar-refractivity contribution is -0.137. The molecule has 0 aliphatic rings. The molecule has 0 saturated carbocycles. The van der Waals surface area contributed by atoms with Gasteiger partial charge in [-0.25, -0.2) is 0 Å². The topological polar surface area (TPSA) is 63.3 Å². The van der Waals surface area contributed by atoms with Crippen LogP contribution in [0.3, 0.4) is 0 Å². The molecule has 96 valence electrons. The standard InChI is InChI=1S/C12H25NO2S/c1-4-6-8-12(3,7-5-2)16-9-10(13)11(14)15/h10H,4-9,13H2,1-3H3,(H,14,15). The van der Waals surface area contributed by atoms with Crippen LogP contribution in [-0.2, 0) is 4.79 Å². The number of hydrogen-bond acceptors (Lipinski definition) is 3. The average Bonchev–Trinajstić information content (AvgIpc) is 2.23. The third-order valence-corrected chi connectivity index (χ3v) is 4.40. The second kappa shape index (κ2) is 7.96. The maximum absolute atomic E-state index is 10.6. The van der Waals surface area contributed by atoms with E-state index in [1.807, 2.05) is 0 Å². The molecular formula is C12H25NO2S. The summed E-state index contributed by atoms with van der Waals surface area (Å²) in [6, 6.07) is -0.734. The van der Waals surface area contributed by atoms with Crippen molar-refractivity contribution in [1.29, 1.82) is 0 Å². The third-order valence-electron chi connectivity index (χ3n) is 2.77. The maximum Gasteiger partial charge on any atom is 0.321 e. The molecule has 16 heavy (non-hydrogen) atoms. The first kappa shape index (κ1) is 15.8. The summed E-state index contributed by atoms with van der Waals surface area (Å²) in [5.74, 6) is -0.392. The van der Waals surface area contributed by atoms with Crippen molar-refractivity contribution >= 4 is 17.7 Å². The van der Waals surface area contributed by atoms with Gasteiger partial charge in [0, 0.05) is 10.5 Å². The highest BCUT2D eigenvalue weighted by molar-refractivity contribution is 8.00. The van der Waals surface area contributed by atoms with Crippen molar-refractivity contribution < 1.29 is 9.90 Å². The Balaban J connectivity index is 4.15. The zero-order chi connectivity index (χ0) is 12.6. The number of aliphatic carboxylic acids is 1. The summed E-state index contributed by atoms with van der Waals surface area (Å²) in [5.41, 5.74) is 5.53. The van der Waals surface area contributed by atoms with Crippen LogP contribution in [0.1, 0.15) is 52.9 Å². The van der Waals surface area contributed by atoms with Gasteiger partial charge in [-0.2, -0.15) is 11.8 Å². The predicted molar refractivity (Wildman–Crippen MR) is 70.9 cm³/mol. The van der Waals surface area contributed by atoms with Crippen molar-refractivity contribution in [1.82, 2.24) is 0 Å². The molecule has 0 bridgehead atoms. The van der Waals surface area contributed by atoms with Gasteiger partial charge in [-0.3, -0.25) is 4.79 Å². The SMILES string of the molecule is CCCCC(C)(CCC)SCC(N)C(=O)O. The highest BCUT2D eigenvalue weighted by Crippen LogP contribution is 2.35. The van der Waals surface area contributed by atoms with Crippen LogP contribution in [0.25, 0.3) is 0 Å². The lowest BCUT2D eigenvalue weighted by Gasteiger charge is -2.29. The summed E-state index contributed by atoms with van der Waals surface area (Å²) < 4.78 is 0.192. The number of thioether (sulfide) groups is 1. The van der Waals surface area contributed by atoms with Crippen molar-refractivity contribution in [3.63, 3.8) is 0 Å². The Hall–Kier alpha value is -0.220. The predicted octanol–water partition coefficient (Wildman–Crippen LogP) is 2.88. The number of hydrogen-bond donors (Lipinski definition) is 2. The molecule has 0 heterocycles. The van der Waals surface area contributed by atoms with E-state index in [9.17, 15) is 4.79 Å². The molecule has 0 radical (unpaired) electrons. The molecule has 3 nitrogen and oxygen atoms in total. The number of carbonyl (C=O) groups is 1. The summed E-state index contributed by atoms with van der Waals surface area (Å²) in [7, 11) is 0. The van der Waals surface area contributed by atoms with Gasteiger partial charge in [-0.05, 0) is 12.8 Å². The number of carboxylic acids is 1. The lowest BCUT2D eigenvalue weighted by Crippen LogP contribution is -2.35. The average molecular weight is 247 g/mol. The molecule has 0 aromatic rings. The number of rotatable bonds is 9. The van der Waals surface area contributed by atoms with Crippen molar-refractivity contribution in [2.75, 3.05) is 5.75 Å². The highest BCUT2D eigenvalue weighted by Gasteiger charge is 2.25. The second-order valence-corrected chi connectivity index (χ2v) is 6.17. The Morgan fingerprint density at radius 3 is 2.44 bits per heavy atom. The molecular weight excluding hydrogens is 222 g/mol. The Bertz CT molecular complexity index is 211. The van der Waals surface area contributed by atoms with Crippen LogP contribution in [0.5, 0.6) is 0 Å². The Morgan fingerprint density at radius 2 is 2.00 bits per heavy atom. The van der Waals surface area contributed by atoms with Crippen LogP contribution < -0.4 is 5.73 Å². The van der Waals surface area contributed by atoms with Gasteiger partial charge in [0.2, 0.25) is 0 Å². The lowest BCUT2D eigenvalue weighted by atomic mass is 9.98. The third kappa shape index (κ3) is 6.38. The summed E-state index contributed by atoms with van der Waals surface area (Å²) in [6.07, 6.45) is 5.80. The first-order valence-electron chi connectivity index (χ1n) is 6.07. The van der Waals surface area contributed by atoms with E-state index in [0.717, 1.165) is 19.3 Å². The number of carboxylic acid groups (broad SMARTS) is 1. The van der Waals surface area contributed by atoms with Gasteiger partial charge in [-0.1, -0.05) is 40.0 Å². The van der Waals surface area contributed by atoms with E-state index in [4.69, 9.17) is 10.8 Å². The van der Waals surface area contributed by atoms with Crippen molar-refractivity contribution in [3.05, 3.63) is 0 Å². The minimum Gasteiger partial charge on any atom is -0.480 e. The normalized spacial score (nSPS) is 16.8. The Kier molecular flexibility index (Phi) is 7.85. The molecule has 0 spiro atoms. The summed E-state index contributed by atoms with van der Waals surface area (Å²) in [6.45, 7) is 6.58. The van der Waals surface area contributed by atoms with E-state index < -0.39 is 12.0 Å². The van der Waals surface area contributed by atoms with E-state index in [2.05, 4.69) is 20.8 Å². The summed E-state index contributed by atoms with van der Waals surface area (Å²) in [5, 5.41) is 8.75. The summed E-state index contributed by atoms with van der Waals surface area (Å²) in [4.78, 5) is 10.6. The number of nitrogens with two attached hydrogens (primary N) is 1. The van der Waals surface area contributed by atoms with E-state index in [0.29, 0.717) is 5.75 Å². The van der Waals surface area contributed by atoms with Crippen LogP contribution in [0, 0.1) is 0 Å². The fourth-order valence-corrected chi connectivity index (χ4v) is 3.07. The van der Waals surface area contributed by atoms with Crippen LogP contribution in [0.2, 0.25) is 0 Å². The zero-order valence-electron chi connectivity index (χ0n) is 10.7. The summed E-state index contributed by atoms with van der Waals surface area (Å²) >= 11 is 1.72. The fraction of sp³-hybridized carbons (Fsp3) is 0.917. The van der Waals surface area contributed by atoms with Gasteiger partial charge in [0.1, 0.15) is 6.04 Å². The second-order valence-electron chi connectivity index (χ2n) is 4.56. The molecule has 3 N–H and O–H groups in total. The van der Waals surface area contributed by atoms with Crippen molar-refractivity contribution in [3.8, 4) is 0 Å². The maximum atomic E-state index is 10.6. The highest BCUT2D eigenvalue weighted by atomic mass is 32.2. The monoisotopic (exact) mass is 247 g/mol. The molecule has 0 fully saturated rings. The van der Waals surface area contributed by atoms with Gasteiger partial charge in [0.15, 0.2) is 0 Å². The van der Waals surface area contributed by atoms with Crippen molar-refractivity contribution in [2.45, 2.75) is 63.7 Å². The van der Waals surface area contributed by atoms with Gasteiger partial charge in [0.05, 0.1) is 0 Å². The smallest absolute Gasteiger partial charge is 0.321 e. The van der Waals surface area contributed by atoms with Crippen LogP contribution in [0.15, 0.2) is 0 Å². The Labute approximate surface area is 103 Å². The quantitative estimate of drug-likeness (QED) is 0.657. The molecule has 2 atom stereocenters. The van der Waals surface area contributed by atoms with Gasteiger partial charge < -0.3 is 10.8 Å². The van der Waals surface area contributed by atoms with Crippen molar-refractivity contribution in [2.24, 2.45) is 5.73 Å². The molecule has 0 aromatic carbocycles. The molecule has 0 aromatic heterocycles. The minimum atomic E-state index is -0.901. The van der Waals surface area contributed by atoms with Gasteiger partial charge in [-0.15, -0.1) is 0 Å². The van der Waals surface area contributed by atoms with Crippen LogP contribution in [-0.4, -0.2) is 27.6 Å². The first-order chi connectivity index (χ1) is 7.45. The van der Waals surface area contributed by atoms with Gasteiger partial charge in [0.25, 0.3) is 0 Å². The molecule has 0 aliphatic heterocycles. The molecule has 0 rings (SSSR count). The number of unbranched alkanes of at least 4 members (excludes halogenated alkanes) is 1. The minimum absolute atomic E-state index is 0.192. The van der Waals surface area contributed by atoms with E-state index in [1.54, 1.807) is 11.8 Å². The fourth-order valence-electron chi connectivity index (χ4n) is 1.71. The van der Waals surface area contributed by atoms with E-state index in [-0.39, 0.29) is 4.75 Å². The largest absolute Gasteiger partial charge is 0.480 e. The van der Waals surface area contributed by atoms with Crippen LogP contribution >= 0.6 is 11.8 Å². The van der Waals surface area contributed by atoms with Gasteiger partial charge >= 0.3 is 5.97 Å². The molecule has 0 amide bonds. The molecule has 0 saturated heterocycles.